The number of hydrogen-bond acceptors (Lipinski definition) is 0. The largest absolute Gasteiger partial charge is 0.209 e. The van der Waals surface area contributed by atoms with Crippen molar-refractivity contribution in [3.63, 3.8) is 0 Å². The molecule has 2 heteroatoms. The SMILES string of the molecule is CCC/C(F)=C(\F)c1ccc(CCc2ccc(C)cc2)cc1. The van der Waals surface area contributed by atoms with Crippen LogP contribution < -0.4 is 0 Å². The van der Waals surface area contributed by atoms with Crippen molar-refractivity contribution in [2.45, 2.75) is 39.5 Å². The maximum Gasteiger partial charge on any atom is 0.161 e. The minimum atomic E-state index is -0.730. The molecule has 2 rings (SSSR count). The zero-order chi connectivity index (χ0) is 15.9. The van der Waals surface area contributed by atoms with Crippen molar-refractivity contribution in [2.24, 2.45) is 0 Å². The van der Waals surface area contributed by atoms with E-state index in [4.69, 9.17) is 0 Å². The van der Waals surface area contributed by atoms with Crippen molar-refractivity contribution in [1.82, 2.24) is 0 Å². The Morgan fingerprint density at radius 1 is 0.818 bits per heavy atom. The Kier molecular flexibility index (Phi) is 5.88. The molecular weight excluding hydrogens is 278 g/mol. The molecule has 0 unspecified atom stereocenters. The standard InChI is InChI=1S/C20H22F2/c1-3-4-19(21)20(22)18-13-11-17(12-14-18)10-9-16-7-5-15(2)6-8-16/h5-8,11-14H,3-4,9-10H2,1-2H3/b20-19+. The summed E-state index contributed by atoms with van der Waals surface area (Å²) >= 11 is 0. The third-order valence-electron chi connectivity index (χ3n) is 3.74. The highest BCUT2D eigenvalue weighted by Crippen LogP contribution is 2.24. The van der Waals surface area contributed by atoms with Gasteiger partial charge in [-0.15, -0.1) is 0 Å². The third-order valence-corrected chi connectivity index (χ3v) is 3.74. The summed E-state index contributed by atoms with van der Waals surface area (Å²) in [5, 5.41) is 0. The summed E-state index contributed by atoms with van der Waals surface area (Å²) in [5.41, 5.74) is 4.00. The summed E-state index contributed by atoms with van der Waals surface area (Å²) in [6.07, 6.45) is 2.60. The van der Waals surface area contributed by atoms with Crippen molar-refractivity contribution in [3.05, 3.63) is 76.6 Å². The molecule has 0 aromatic heterocycles. The van der Waals surface area contributed by atoms with Gasteiger partial charge in [-0.1, -0.05) is 61.0 Å². The molecule has 0 heterocycles. The topological polar surface area (TPSA) is 0 Å². The Labute approximate surface area is 131 Å². The first kappa shape index (κ1) is 16.4. The summed E-state index contributed by atoms with van der Waals surface area (Å²) in [6, 6.07) is 15.6. The summed E-state index contributed by atoms with van der Waals surface area (Å²) < 4.78 is 27.3. The highest BCUT2D eigenvalue weighted by molar-refractivity contribution is 5.61. The molecule has 2 aromatic rings. The second-order valence-corrected chi connectivity index (χ2v) is 5.65. The van der Waals surface area contributed by atoms with E-state index in [0.717, 1.165) is 18.4 Å². The van der Waals surface area contributed by atoms with Gasteiger partial charge in [0.05, 0.1) is 0 Å². The van der Waals surface area contributed by atoms with Crippen molar-refractivity contribution in [2.75, 3.05) is 0 Å². The summed E-state index contributed by atoms with van der Waals surface area (Å²) in [5.74, 6) is -1.39. The fraction of sp³-hybridized carbons (Fsp3) is 0.300. The molecule has 0 aliphatic rings. The first-order valence-electron chi connectivity index (χ1n) is 7.79. The molecule has 0 aliphatic heterocycles. The van der Waals surface area contributed by atoms with Gasteiger partial charge < -0.3 is 0 Å². The number of hydrogen-bond donors (Lipinski definition) is 0. The second-order valence-electron chi connectivity index (χ2n) is 5.65. The van der Waals surface area contributed by atoms with Crippen molar-refractivity contribution >= 4 is 5.83 Å². The van der Waals surface area contributed by atoms with E-state index in [9.17, 15) is 8.78 Å². The Hall–Kier alpha value is -1.96. The molecule has 0 fully saturated rings. The van der Waals surface area contributed by atoms with E-state index in [1.807, 2.05) is 19.1 Å². The molecule has 22 heavy (non-hydrogen) atoms. The van der Waals surface area contributed by atoms with Gasteiger partial charge >= 0.3 is 0 Å². The van der Waals surface area contributed by atoms with Gasteiger partial charge in [0.1, 0.15) is 5.83 Å². The van der Waals surface area contributed by atoms with Gasteiger partial charge in [-0.25, -0.2) is 8.78 Å². The van der Waals surface area contributed by atoms with E-state index in [2.05, 4.69) is 31.2 Å². The lowest BCUT2D eigenvalue weighted by atomic mass is 10.0. The fourth-order valence-electron chi connectivity index (χ4n) is 2.35. The number of halogens is 2. The fourth-order valence-corrected chi connectivity index (χ4v) is 2.35. The quantitative estimate of drug-likeness (QED) is 0.597. The molecular formula is C20H22F2. The highest BCUT2D eigenvalue weighted by Gasteiger charge is 2.08. The van der Waals surface area contributed by atoms with Gasteiger partial charge in [0.15, 0.2) is 5.83 Å². The van der Waals surface area contributed by atoms with E-state index < -0.39 is 11.7 Å². The van der Waals surface area contributed by atoms with E-state index in [1.165, 1.54) is 11.1 Å². The Morgan fingerprint density at radius 2 is 1.32 bits per heavy atom. The highest BCUT2D eigenvalue weighted by atomic mass is 19.2. The average Bonchev–Trinajstić information content (AvgIpc) is 2.54. The number of allylic oxidation sites excluding steroid dienone is 1. The van der Waals surface area contributed by atoms with Crippen molar-refractivity contribution in [3.8, 4) is 0 Å². The maximum atomic E-state index is 13.8. The zero-order valence-electron chi connectivity index (χ0n) is 13.2. The Morgan fingerprint density at radius 3 is 1.82 bits per heavy atom. The normalized spacial score (nSPS) is 12.2. The summed E-state index contributed by atoms with van der Waals surface area (Å²) in [7, 11) is 0. The number of aryl methyl sites for hydroxylation is 3. The van der Waals surface area contributed by atoms with Gasteiger partial charge in [0.25, 0.3) is 0 Å². The minimum Gasteiger partial charge on any atom is -0.209 e. The van der Waals surface area contributed by atoms with Crippen LogP contribution in [-0.4, -0.2) is 0 Å². The van der Waals surface area contributed by atoms with Crippen LogP contribution >= 0.6 is 0 Å². The minimum absolute atomic E-state index is 0.154. The average molecular weight is 300 g/mol. The zero-order valence-corrected chi connectivity index (χ0v) is 13.2. The van der Waals surface area contributed by atoms with Gasteiger partial charge in [-0.3, -0.25) is 0 Å². The maximum absolute atomic E-state index is 13.8. The van der Waals surface area contributed by atoms with Crippen LogP contribution in [0.15, 0.2) is 54.4 Å². The van der Waals surface area contributed by atoms with E-state index >= 15 is 0 Å². The lowest BCUT2D eigenvalue weighted by molar-refractivity contribution is 0.559. The van der Waals surface area contributed by atoms with Crippen LogP contribution in [0.2, 0.25) is 0 Å². The van der Waals surface area contributed by atoms with Crippen LogP contribution in [-0.2, 0) is 12.8 Å². The summed E-state index contributed by atoms with van der Waals surface area (Å²) in [4.78, 5) is 0. The van der Waals surface area contributed by atoms with Gasteiger partial charge in [0, 0.05) is 12.0 Å². The molecule has 0 saturated heterocycles. The predicted molar refractivity (Wildman–Crippen MR) is 89.1 cm³/mol. The van der Waals surface area contributed by atoms with Gasteiger partial charge in [-0.2, -0.15) is 0 Å². The second kappa shape index (κ2) is 7.88. The Bertz CT molecular complexity index is 622. The number of rotatable bonds is 6. The van der Waals surface area contributed by atoms with E-state index in [1.54, 1.807) is 12.1 Å². The first-order valence-corrected chi connectivity index (χ1v) is 7.79. The molecule has 0 atom stereocenters. The number of benzene rings is 2. The molecule has 116 valence electrons. The smallest absolute Gasteiger partial charge is 0.161 e. The van der Waals surface area contributed by atoms with Crippen LogP contribution in [0.25, 0.3) is 5.83 Å². The van der Waals surface area contributed by atoms with Crippen LogP contribution in [0.3, 0.4) is 0 Å². The molecule has 0 amide bonds. The predicted octanol–water partition coefficient (Wildman–Crippen LogP) is 6.19. The first-order chi connectivity index (χ1) is 10.6. The van der Waals surface area contributed by atoms with Crippen molar-refractivity contribution in [1.29, 1.82) is 0 Å². The lowest BCUT2D eigenvalue weighted by Crippen LogP contribution is -1.92. The van der Waals surface area contributed by atoms with E-state index in [-0.39, 0.29) is 6.42 Å². The molecule has 0 N–H and O–H groups in total. The third kappa shape index (κ3) is 4.52. The van der Waals surface area contributed by atoms with Crippen LogP contribution in [0.1, 0.15) is 42.0 Å². The monoisotopic (exact) mass is 300 g/mol. The molecule has 0 saturated carbocycles. The van der Waals surface area contributed by atoms with Gasteiger partial charge in [-0.05, 0) is 37.3 Å². The van der Waals surface area contributed by atoms with E-state index in [0.29, 0.717) is 12.0 Å². The molecule has 0 radical (unpaired) electrons. The van der Waals surface area contributed by atoms with Crippen molar-refractivity contribution < 1.29 is 8.78 Å². The molecule has 0 aliphatic carbocycles. The molecule has 0 bridgehead atoms. The molecule has 2 aromatic carbocycles. The van der Waals surface area contributed by atoms with Crippen LogP contribution in [0, 0.1) is 6.92 Å². The molecule has 0 nitrogen and oxygen atoms in total. The summed E-state index contributed by atoms with van der Waals surface area (Å²) in [6.45, 7) is 3.91. The lowest BCUT2D eigenvalue weighted by Gasteiger charge is -2.05. The molecule has 0 spiro atoms. The Balaban J connectivity index is 2.00. The van der Waals surface area contributed by atoms with Crippen LogP contribution in [0.5, 0.6) is 0 Å². The van der Waals surface area contributed by atoms with Crippen LogP contribution in [0.4, 0.5) is 8.78 Å². The van der Waals surface area contributed by atoms with Gasteiger partial charge in [0.2, 0.25) is 0 Å².